The first-order valence-corrected chi connectivity index (χ1v) is 15.4. The van der Waals surface area contributed by atoms with Crippen LogP contribution in [0.4, 0.5) is 0 Å². The van der Waals surface area contributed by atoms with E-state index in [9.17, 15) is 18.3 Å². The summed E-state index contributed by atoms with van der Waals surface area (Å²) in [6.45, 7) is 2.15. The summed E-state index contributed by atoms with van der Waals surface area (Å²) in [6.07, 6.45) is 29.1. The molecule has 0 bridgehead atoms. The fourth-order valence-electron chi connectivity index (χ4n) is 4.06. The Morgan fingerprint density at radius 3 is 1.38 bits per heavy atom. The number of hydrogen-bond donors (Lipinski definition) is 1. The van der Waals surface area contributed by atoms with Crippen LogP contribution in [0.15, 0.2) is 11.5 Å². The van der Waals surface area contributed by atoms with Crippen molar-refractivity contribution in [3.63, 3.8) is 0 Å². The van der Waals surface area contributed by atoms with Crippen LogP contribution in [0.1, 0.15) is 148 Å². The molecular formula is C27H52NNaO4S. The van der Waals surface area contributed by atoms with Crippen LogP contribution in [-0.4, -0.2) is 20.9 Å². The third-order valence-corrected chi connectivity index (χ3v) is 7.29. The third kappa shape index (κ3) is 30.2. The minimum absolute atomic E-state index is 0. The summed E-state index contributed by atoms with van der Waals surface area (Å²) < 4.78 is 25.4. The van der Waals surface area contributed by atoms with Gasteiger partial charge in [0.15, 0.2) is 0 Å². The van der Waals surface area contributed by atoms with Crippen molar-refractivity contribution < 1.29 is 47.9 Å². The van der Waals surface area contributed by atoms with Crippen molar-refractivity contribution in [3.05, 3.63) is 11.5 Å². The number of allylic oxidation sites excluding steroid dienone is 1. The van der Waals surface area contributed by atoms with Crippen molar-refractivity contribution in [1.29, 1.82) is 0 Å². The molecule has 0 radical (unpaired) electrons. The Hall–Kier alpha value is 0.120. The third-order valence-electron chi connectivity index (χ3n) is 6.13. The van der Waals surface area contributed by atoms with Crippen molar-refractivity contribution in [2.24, 2.45) is 0 Å². The maximum Gasteiger partial charge on any atom is 1.00 e. The van der Waals surface area contributed by atoms with Gasteiger partial charge in [-0.3, -0.25) is 0 Å². The maximum absolute atomic E-state index is 11.6. The Labute approximate surface area is 233 Å². The number of carbonyl (C=O) groups is 1. The molecule has 0 fully saturated rings. The summed E-state index contributed by atoms with van der Waals surface area (Å²) in [5, 5.41) is 11.4. The van der Waals surface area contributed by atoms with E-state index in [4.69, 9.17) is 0 Å². The van der Waals surface area contributed by atoms with Gasteiger partial charge in [0.1, 0.15) is 0 Å². The molecule has 0 aliphatic heterocycles. The molecule has 0 aliphatic rings. The zero-order valence-corrected chi connectivity index (χ0v) is 25.3. The molecule has 0 aromatic rings. The van der Waals surface area contributed by atoms with Gasteiger partial charge in [0.05, 0.1) is 0 Å². The molecule has 0 amide bonds. The van der Waals surface area contributed by atoms with Crippen LogP contribution in [0.2, 0.25) is 0 Å². The van der Waals surface area contributed by atoms with Gasteiger partial charge in [0, 0.05) is 24.3 Å². The molecule has 1 N–H and O–H groups in total. The van der Waals surface area contributed by atoms with Crippen LogP contribution in [0.25, 0.3) is 0 Å². The summed E-state index contributed by atoms with van der Waals surface area (Å²) in [5.74, 6) is -1.26. The van der Waals surface area contributed by atoms with E-state index in [1.54, 1.807) is 6.08 Å². The Morgan fingerprint density at radius 2 is 1.03 bits per heavy atom. The Morgan fingerprint density at radius 1 is 0.676 bits per heavy atom. The molecule has 0 aromatic carbocycles. The van der Waals surface area contributed by atoms with Crippen molar-refractivity contribution in [2.75, 3.05) is 6.54 Å². The van der Waals surface area contributed by atoms with E-state index < -0.39 is 16.0 Å². The molecule has 0 saturated heterocycles. The summed E-state index contributed by atoms with van der Waals surface area (Å²) >= 11 is 0. The van der Waals surface area contributed by atoms with E-state index in [0.717, 1.165) is 24.7 Å². The van der Waals surface area contributed by atoms with Crippen LogP contribution in [-0.2, 0) is 14.8 Å². The van der Waals surface area contributed by atoms with Gasteiger partial charge < -0.3 is 9.90 Å². The number of carbonyl (C=O) groups excluding carboxylic acids is 1. The van der Waals surface area contributed by atoms with Gasteiger partial charge in [-0.25, -0.2) is 13.1 Å². The minimum Gasteiger partial charge on any atom is -0.550 e. The molecule has 5 nitrogen and oxygen atoms in total. The van der Waals surface area contributed by atoms with Gasteiger partial charge in [0.25, 0.3) is 0 Å². The molecule has 0 aromatic heterocycles. The number of rotatable bonds is 26. The smallest absolute Gasteiger partial charge is 0.550 e. The van der Waals surface area contributed by atoms with E-state index in [2.05, 4.69) is 11.6 Å². The fourth-order valence-corrected chi connectivity index (χ4v) is 4.93. The fraction of sp³-hybridized carbons (Fsp3) is 0.889. The zero-order chi connectivity index (χ0) is 24.5. The summed E-state index contributed by atoms with van der Waals surface area (Å²) in [4.78, 5) is 10.3. The number of aliphatic carboxylic acids is 1. The molecule has 196 valence electrons. The number of carboxylic acids is 1. The van der Waals surface area contributed by atoms with Crippen molar-refractivity contribution in [1.82, 2.24) is 4.72 Å². The minimum atomic E-state index is -3.52. The van der Waals surface area contributed by atoms with Gasteiger partial charge in [0.2, 0.25) is 10.0 Å². The van der Waals surface area contributed by atoms with E-state index in [0.29, 0.717) is 0 Å². The largest absolute Gasteiger partial charge is 1.00 e. The van der Waals surface area contributed by atoms with Crippen LogP contribution in [0.5, 0.6) is 0 Å². The Balaban J connectivity index is 0. The number of hydrogen-bond acceptors (Lipinski definition) is 4. The van der Waals surface area contributed by atoms with Crippen LogP contribution >= 0.6 is 0 Å². The van der Waals surface area contributed by atoms with Crippen molar-refractivity contribution in [2.45, 2.75) is 148 Å². The van der Waals surface area contributed by atoms with Gasteiger partial charge >= 0.3 is 29.6 Å². The Bertz CT molecular complexity index is 567. The normalized spacial score (nSPS) is 11.7. The van der Waals surface area contributed by atoms with Crippen molar-refractivity contribution >= 4 is 16.0 Å². The average Bonchev–Trinajstić information content (AvgIpc) is 2.76. The molecular weight excluding hydrogens is 457 g/mol. The SMILES string of the molecule is CCCCCCCCCCCCCCCCCCCCCC/C=C/S(=O)(=O)NCCC(=O)[O-].[Na+]. The van der Waals surface area contributed by atoms with E-state index >= 15 is 0 Å². The van der Waals surface area contributed by atoms with Crippen LogP contribution in [0, 0.1) is 0 Å². The van der Waals surface area contributed by atoms with Crippen LogP contribution < -0.4 is 39.4 Å². The number of nitrogens with one attached hydrogen (secondary N) is 1. The molecule has 0 saturated carbocycles. The van der Waals surface area contributed by atoms with E-state index in [1.165, 1.54) is 116 Å². The summed E-state index contributed by atoms with van der Waals surface area (Å²) in [5.41, 5.74) is 0. The average molecular weight is 510 g/mol. The topological polar surface area (TPSA) is 86.3 Å². The van der Waals surface area contributed by atoms with E-state index in [-0.39, 0.29) is 42.5 Å². The van der Waals surface area contributed by atoms with Crippen molar-refractivity contribution in [3.8, 4) is 0 Å². The molecule has 0 spiro atoms. The number of unbranched alkanes of at least 4 members (excludes halogenated alkanes) is 20. The van der Waals surface area contributed by atoms with Gasteiger partial charge in [-0.05, 0) is 12.8 Å². The second kappa shape index (κ2) is 27.7. The Kier molecular flexibility index (Phi) is 29.6. The molecule has 0 rings (SSSR count). The first kappa shape index (κ1) is 36.3. The maximum atomic E-state index is 11.6. The molecule has 0 unspecified atom stereocenters. The predicted molar refractivity (Wildman–Crippen MR) is 138 cm³/mol. The summed E-state index contributed by atoms with van der Waals surface area (Å²) in [7, 11) is -3.52. The monoisotopic (exact) mass is 509 g/mol. The molecule has 0 heterocycles. The predicted octanol–water partition coefficient (Wildman–Crippen LogP) is 3.78. The second-order valence-electron chi connectivity index (χ2n) is 9.44. The first-order valence-electron chi connectivity index (χ1n) is 13.8. The van der Waals surface area contributed by atoms with Gasteiger partial charge in [-0.15, -0.1) is 0 Å². The quantitative estimate of drug-likeness (QED) is 0.142. The van der Waals surface area contributed by atoms with Crippen LogP contribution in [0.3, 0.4) is 0 Å². The zero-order valence-electron chi connectivity index (χ0n) is 22.5. The summed E-state index contributed by atoms with van der Waals surface area (Å²) in [6, 6.07) is 0. The number of sulfonamides is 1. The number of carboxylic acid groups (broad SMARTS) is 1. The molecule has 0 aliphatic carbocycles. The van der Waals surface area contributed by atoms with E-state index in [1.807, 2.05) is 0 Å². The van der Waals surface area contributed by atoms with Gasteiger partial charge in [-0.2, -0.15) is 0 Å². The molecule has 7 heteroatoms. The molecule has 0 atom stereocenters. The standard InChI is InChI=1S/C27H53NO4S.Na/c1-2-3-4-5-6-7-8-9-10-11-12-13-14-15-16-17-18-19-20-21-22-23-26-33(31,32)28-25-24-27(29)30;/h23,26,28H,2-22,24-25H2,1H3,(H,29,30);/q;+1/p-1/b26-23+;. The molecule has 34 heavy (non-hydrogen) atoms. The van der Waals surface area contributed by atoms with Gasteiger partial charge in [-0.1, -0.05) is 135 Å². The second-order valence-corrected chi connectivity index (χ2v) is 11.1. The first-order chi connectivity index (χ1) is 16.0.